The Morgan fingerprint density at radius 3 is 2.64 bits per heavy atom. The fourth-order valence-electron chi connectivity index (χ4n) is 3.33. The van der Waals surface area contributed by atoms with Crippen LogP contribution in [0.2, 0.25) is 0 Å². The maximum absolute atomic E-state index is 11.1. The second-order valence-electron chi connectivity index (χ2n) is 7.07. The minimum absolute atomic E-state index is 0.145. The lowest BCUT2D eigenvalue weighted by molar-refractivity contribution is -0.142. The van der Waals surface area contributed by atoms with E-state index in [1.807, 2.05) is 24.3 Å². The van der Waals surface area contributed by atoms with Gasteiger partial charge in [0, 0.05) is 36.1 Å². The quantitative estimate of drug-likeness (QED) is 0.404. The number of carbonyl (C=O) groups excluding carboxylic acids is 1. The first-order chi connectivity index (χ1) is 17.2. The van der Waals surface area contributed by atoms with Crippen molar-refractivity contribution in [3.63, 3.8) is 0 Å². The van der Waals surface area contributed by atoms with Crippen LogP contribution in [0.3, 0.4) is 0 Å². The van der Waals surface area contributed by atoms with Crippen LogP contribution in [-0.2, 0) is 23.1 Å². The van der Waals surface area contributed by atoms with Crippen molar-refractivity contribution >= 4 is 23.0 Å². The number of fused-ring (bicyclic) bond motifs is 1. The molecule has 0 aliphatic rings. The van der Waals surface area contributed by atoms with Gasteiger partial charge >= 0.3 is 5.97 Å². The summed E-state index contributed by atoms with van der Waals surface area (Å²) in [5.41, 5.74) is 9.68. The van der Waals surface area contributed by atoms with Gasteiger partial charge in [-0.2, -0.15) is 15.0 Å². The molecule has 0 saturated heterocycles. The van der Waals surface area contributed by atoms with Crippen LogP contribution in [0.5, 0.6) is 0 Å². The van der Waals surface area contributed by atoms with Crippen molar-refractivity contribution in [3.8, 4) is 28.6 Å². The minimum atomic E-state index is -2.51. The Labute approximate surface area is 192 Å². The number of rotatable bonds is 5. The smallest absolute Gasteiger partial charge is 0.302 e. The normalized spacial score (nSPS) is 12.8. The molecule has 0 bridgehead atoms. The van der Waals surface area contributed by atoms with Gasteiger partial charge < -0.3 is 10.5 Å². The largest absolute Gasteiger partial charge is 0.461 e. The third kappa shape index (κ3) is 3.87. The zero-order valence-corrected chi connectivity index (χ0v) is 17.4. The Hall–Kier alpha value is -4.67. The molecule has 1 aromatic carbocycles. The highest BCUT2D eigenvalue weighted by molar-refractivity contribution is 5.83. The van der Waals surface area contributed by atoms with Crippen LogP contribution in [0.4, 0.5) is 5.82 Å². The van der Waals surface area contributed by atoms with Crippen LogP contribution < -0.4 is 5.73 Å². The first kappa shape index (κ1) is 17.0. The highest BCUT2D eigenvalue weighted by atomic mass is 16.5. The first-order valence-electron chi connectivity index (χ1n) is 11.3. The van der Waals surface area contributed by atoms with Crippen molar-refractivity contribution in [2.45, 2.75) is 13.5 Å². The summed E-state index contributed by atoms with van der Waals surface area (Å²) < 4.78 is 29.3. The van der Waals surface area contributed by atoms with E-state index < -0.39 is 6.98 Å². The second-order valence-corrected chi connectivity index (χ2v) is 7.07. The number of esters is 1. The summed E-state index contributed by atoms with van der Waals surface area (Å²) in [6.07, 6.45) is 4.34. The van der Waals surface area contributed by atoms with Crippen molar-refractivity contribution < 1.29 is 13.6 Å². The first-order valence-corrected chi connectivity index (χ1v) is 9.83. The number of imidazole rings is 1. The molecule has 164 valence electrons. The van der Waals surface area contributed by atoms with Crippen molar-refractivity contribution in [2.75, 3.05) is 5.73 Å². The number of aryl methyl sites for hydroxylation is 1. The number of aromatic nitrogens is 8. The molecule has 0 spiro atoms. The van der Waals surface area contributed by atoms with Gasteiger partial charge in [-0.1, -0.05) is 12.1 Å². The van der Waals surface area contributed by atoms with Crippen LogP contribution >= 0.6 is 0 Å². The molecule has 33 heavy (non-hydrogen) atoms. The van der Waals surface area contributed by atoms with Crippen LogP contribution in [-0.4, -0.2) is 45.5 Å². The number of ether oxygens (including phenoxy) is 1. The molecule has 0 atom stereocenters. The van der Waals surface area contributed by atoms with Gasteiger partial charge in [-0.25, -0.2) is 19.9 Å². The third-order valence-electron chi connectivity index (χ3n) is 4.83. The molecule has 0 aliphatic heterocycles. The van der Waals surface area contributed by atoms with E-state index >= 15 is 0 Å². The van der Waals surface area contributed by atoms with E-state index in [4.69, 9.17) is 24.6 Å². The standard InChI is InChI=1S/C22H19N9O2/c1-13(32)33-12-14-3-5-15(6-4-14)31-21-17(28-22(31)19-20(23)25-10-9-24-19)8-7-16(27-21)18-11-26-30(2)29-18/h3-11H,12H2,1-2H3,(H2,23,25)/i2D3. The van der Waals surface area contributed by atoms with Gasteiger partial charge in [-0.15, -0.1) is 0 Å². The molecule has 5 aromatic rings. The zero-order valence-electron chi connectivity index (χ0n) is 20.4. The molecule has 4 aromatic heterocycles. The van der Waals surface area contributed by atoms with E-state index in [9.17, 15) is 4.79 Å². The number of nitrogen functional groups attached to an aromatic ring is 1. The maximum atomic E-state index is 11.1. The van der Waals surface area contributed by atoms with Gasteiger partial charge in [-0.05, 0) is 29.8 Å². The predicted molar refractivity (Wildman–Crippen MR) is 120 cm³/mol. The SMILES string of the molecule is [2H]C([2H])([2H])n1ncc(-c2ccc3nc(-c4nccnc4N)n(-c4ccc(COC(C)=O)cc4)c3n2)n1. The number of carbonyl (C=O) groups is 1. The molecule has 5 rings (SSSR count). The van der Waals surface area contributed by atoms with E-state index in [1.165, 1.54) is 25.5 Å². The molecule has 0 amide bonds. The van der Waals surface area contributed by atoms with Gasteiger partial charge in [0.2, 0.25) is 0 Å². The molecule has 4 heterocycles. The molecule has 0 aliphatic carbocycles. The fourth-order valence-corrected chi connectivity index (χ4v) is 3.33. The fraction of sp³-hybridized carbons (Fsp3) is 0.136. The van der Waals surface area contributed by atoms with E-state index in [0.29, 0.717) is 38.9 Å². The van der Waals surface area contributed by atoms with Crippen LogP contribution in [0.1, 0.15) is 16.6 Å². The highest BCUT2D eigenvalue weighted by Gasteiger charge is 2.20. The number of anilines is 1. The third-order valence-corrected chi connectivity index (χ3v) is 4.83. The molecular weight excluding hydrogens is 422 g/mol. The second kappa shape index (κ2) is 8.11. The van der Waals surface area contributed by atoms with Crippen molar-refractivity contribution in [1.29, 1.82) is 0 Å². The van der Waals surface area contributed by atoms with E-state index in [2.05, 4.69) is 20.2 Å². The molecule has 0 radical (unpaired) electrons. The number of nitrogens with zero attached hydrogens (tertiary/aromatic N) is 8. The average molecular weight is 444 g/mol. The molecule has 11 nitrogen and oxygen atoms in total. The maximum Gasteiger partial charge on any atom is 0.302 e. The zero-order chi connectivity index (χ0) is 25.4. The van der Waals surface area contributed by atoms with Crippen molar-refractivity contribution in [3.05, 3.63) is 60.6 Å². The Bertz CT molecular complexity index is 1580. The van der Waals surface area contributed by atoms with Gasteiger partial charge in [-0.3, -0.25) is 9.36 Å². The summed E-state index contributed by atoms with van der Waals surface area (Å²) in [4.78, 5) is 29.7. The van der Waals surface area contributed by atoms with Gasteiger partial charge in [0.1, 0.15) is 23.5 Å². The Morgan fingerprint density at radius 2 is 1.91 bits per heavy atom. The topological polar surface area (TPSA) is 140 Å². The lowest BCUT2D eigenvalue weighted by Gasteiger charge is -2.11. The summed E-state index contributed by atoms with van der Waals surface area (Å²) in [5, 5.41) is 7.89. The lowest BCUT2D eigenvalue weighted by Crippen LogP contribution is -2.04. The van der Waals surface area contributed by atoms with Crippen LogP contribution in [0.15, 0.2) is 55.0 Å². The number of hydrogen-bond acceptors (Lipinski definition) is 9. The monoisotopic (exact) mass is 444 g/mol. The van der Waals surface area contributed by atoms with Crippen LogP contribution in [0.25, 0.3) is 39.8 Å². The van der Waals surface area contributed by atoms with Crippen molar-refractivity contribution in [2.24, 2.45) is 6.98 Å². The Morgan fingerprint density at radius 1 is 1.09 bits per heavy atom. The minimum Gasteiger partial charge on any atom is -0.461 e. The Balaban J connectivity index is 1.66. The van der Waals surface area contributed by atoms with E-state index in [-0.39, 0.29) is 24.1 Å². The number of benzene rings is 1. The molecule has 11 heteroatoms. The van der Waals surface area contributed by atoms with Gasteiger partial charge in [0.25, 0.3) is 0 Å². The van der Waals surface area contributed by atoms with Gasteiger partial charge in [0.15, 0.2) is 17.3 Å². The van der Waals surface area contributed by atoms with Crippen LogP contribution in [0, 0.1) is 0 Å². The van der Waals surface area contributed by atoms with E-state index in [0.717, 1.165) is 5.56 Å². The molecule has 0 unspecified atom stereocenters. The van der Waals surface area contributed by atoms with Gasteiger partial charge in [0.05, 0.1) is 11.9 Å². The number of pyridine rings is 1. The molecule has 2 N–H and O–H groups in total. The number of nitrogens with two attached hydrogens (primary N) is 1. The summed E-state index contributed by atoms with van der Waals surface area (Å²) in [6, 6.07) is 10.7. The molecule has 0 fully saturated rings. The Kier molecular flexibility index (Phi) is 4.17. The summed E-state index contributed by atoms with van der Waals surface area (Å²) in [6.45, 7) is -1.01. The molecule has 0 saturated carbocycles. The lowest BCUT2D eigenvalue weighted by atomic mass is 10.2. The summed E-state index contributed by atoms with van der Waals surface area (Å²) in [7, 11) is 0. The number of hydrogen-bond donors (Lipinski definition) is 1. The summed E-state index contributed by atoms with van der Waals surface area (Å²) in [5.74, 6) is 0.243. The molecular formula is C22H19N9O2. The van der Waals surface area contributed by atoms with E-state index in [1.54, 1.807) is 16.7 Å². The highest BCUT2D eigenvalue weighted by Crippen LogP contribution is 2.30. The average Bonchev–Trinajstić information content (AvgIpc) is 3.48. The predicted octanol–water partition coefficient (Wildman–Crippen LogP) is 2.32. The summed E-state index contributed by atoms with van der Waals surface area (Å²) >= 11 is 0. The van der Waals surface area contributed by atoms with Crippen molar-refractivity contribution in [1.82, 2.24) is 39.5 Å².